The zero-order valence-corrected chi connectivity index (χ0v) is 10.8. The highest BCUT2D eigenvalue weighted by Gasteiger charge is 2.00. The molecule has 0 radical (unpaired) electrons. The topological polar surface area (TPSA) is 29.5 Å². The van der Waals surface area contributed by atoms with Crippen LogP contribution in [0.15, 0.2) is 18.2 Å². The van der Waals surface area contributed by atoms with Gasteiger partial charge in [0.05, 0.1) is 6.61 Å². The van der Waals surface area contributed by atoms with Gasteiger partial charge in [-0.25, -0.2) is 0 Å². The molecule has 1 N–H and O–H groups in total. The largest absolute Gasteiger partial charge is 0.494 e. The van der Waals surface area contributed by atoms with Crippen LogP contribution in [0.4, 0.5) is 0 Å². The predicted molar refractivity (Wildman–Crippen MR) is 70.1 cm³/mol. The molecule has 0 aliphatic heterocycles. The summed E-state index contributed by atoms with van der Waals surface area (Å²) in [6.45, 7) is 7.01. The van der Waals surface area contributed by atoms with Gasteiger partial charge < -0.3 is 9.84 Å². The van der Waals surface area contributed by atoms with E-state index in [9.17, 15) is 0 Å². The van der Waals surface area contributed by atoms with Crippen molar-refractivity contribution in [2.45, 2.75) is 27.2 Å². The van der Waals surface area contributed by atoms with Gasteiger partial charge in [0.1, 0.15) is 12.4 Å². The van der Waals surface area contributed by atoms with Crippen LogP contribution in [-0.4, -0.2) is 18.3 Å². The molecule has 92 valence electrons. The molecule has 17 heavy (non-hydrogen) atoms. The highest BCUT2D eigenvalue weighted by Crippen LogP contribution is 2.17. The van der Waals surface area contributed by atoms with Gasteiger partial charge in [-0.05, 0) is 43.0 Å². The van der Waals surface area contributed by atoms with Gasteiger partial charge in [0.2, 0.25) is 0 Å². The summed E-state index contributed by atoms with van der Waals surface area (Å²) < 4.78 is 5.66. The maximum Gasteiger partial charge on any atom is 0.119 e. The van der Waals surface area contributed by atoms with Crippen molar-refractivity contribution < 1.29 is 9.84 Å². The molecule has 1 aromatic carbocycles. The minimum atomic E-state index is -0.105. The lowest BCUT2D eigenvalue weighted by atomic mass is 10.1. The van der Waals surface area contributed by atoms with Crippen LogP contribution in [0.2, 0.25) is 0 Å². The predicted octanol–water partition coefficient (Wildman–Crippen LogP) is 2.76. The van der Waals surface area contributed by atoms with E-state index in [1.54, 1.807) is 0 Å². The Morgan fingerprint density at radius 1 is 1.35 bits per heavy atom. The quantitative estimate of drug-likeness (QED) is 0.809. The van der Waals surface area contributed by atoms with E-state index in [1.807, 2.05) is 25.1 Å². The van der Waals surface area contributed by atoms with Crippen molar-refractivity contribution in [3.8, 4) is 17.6 Å². The molecular formula is C15H20O2. The first-order chi connectivity index (χ1) is 8.13. The molecule has 0 aliphatic carbocycles. The van der Waals surface area contributed by atoms with Crippen LogP contribution in [0.1, 0.15) is 31.4 Å². The average Bonchev–Trinajstić information content (AvgIpc) is 2.27. The van der Waals surface area contributed by atoms with E-state index in [1.165, 1.54) is 0 Å². The molecule has 0 heterocycles. The van der Waals surface area contributed by atoms with E-state index in [0.29, 0.717) is 5.92 Å². The van der Waals surface area contributed by atoms with Crippen molar-refractivity contribution in [1.29, 1.82) is 0 Å². The van der Waals surface area contributed by atoms with Gasteiger partial charge in [0.15, 0.2) is 0 Å². The molecule has 0 amide bonds. The Hall–Kier alpha value is -1.46. The standard InChI is InChI=1S/C15H20O2/c1-12(2)8-10-17-15-7-6-14(5-4-9-16)13(3)11-15/h6-7,11-12,16H,8-10H2,1-3H3. The Balaban J connectivity index is 2.62. The molecule has 0 saturated carbocycles. The van der Waals surface area contributed by atoms with Gasteiger partial charge >= 0.3 is 0 Å². The monoisotopic (exact) mass is 232 g/mol. The minimum absolute atomic E-state index is 0.105. The lowest BCUT2D eigenvalue weighted by Crippen LogP contribution is -2.01. The third kappa shape index (κ3) is 4.93. The van der Waals surface area contributed by atoms with E-state index in [4.69, 9.17) is 9.84 Å². The fourth-order valence-electron chi connectivity index (χ4n) is 1.41. The van der Waals surface area contributed by atoms with Crippen LogP contribution in [0.3, 0.4) is 0 Å². The van der Waals surface area contributed by atoms with Crippen LogP contribution in [-0.2, 0) is 0 Å². The number of hydrogen-bond donors (Lipinski definition) is 1. The van der Waals surface area contributed by atoms with Gasteiger partial charge in [0, 0.05) is 5.56 Å². The van der Waals surface area contributed by atoms with E-state index in [0.717, 1.165) is 29.9 Å². The average molecular weight is 232 g/mol. The third-order valence-corrected chi connectivity index (χ3v) is 2.46. The number of ether oxygens (including phenoxy) is 1. The van der Waals surface area contributed by atoms with Crippen molar-refractivity contribution in [2.75, 3.05) is 13.2 Å². The van der Waals surface area contributed by atoms with Crippen molar-refractivity contribution in [2.24, 2.45) is 5.92 Å². The summed E-state index contributed by atoms with van der Waals surface area (Å²) in [6.07, 6.45) is 1.06. The number of aliphatic hydroxyl groups is 1. The Bertz CT molecular complexity index is 411. The Labute approximate surface area is 104 Å². The molecule has 0 atom stereocenters. The van der Waals surface area contributed by atoms with Crippen molar-refractivity contribution in [1.82, 2.24) is 0 Å². The van der Waals surface area contributed by atoms with E-state index in [2.05, 4.69) is 25.7 Å². The molecule has 1 rings (SSSR count). The normalized spacial score (nSPS) is 9.94. The molecule has 2 heteroatoms. The summed E-state index contributed by atoms with van der Waals surface area (Å²) in [4.78, 5) is 0. The summed E-state index contributed by atoms with van der Waals surface area (Å²) in [5.74, 6) is 7.10. The van der Waals surface area contributed by atoms with Crippen LogP contribution in [0.25, 0.3) is 0 Å². The second kappa shape index (κ2) is 6.98. The van der Waals surface area contributed by atoms with Gasteiger partial charge in [-0.1, -0.05) is 25.7 Å². The molecule has 0 spiro atoms. The highest BCUT2D eigenvalue weighted by molar-refractivity contribution is 5.44. The molecule has 2 nitrogen and oxygen atoms in total. The summed E-state index contributed by atoms with van der Waals surface area (Å²) >= 11 is 0. The summed E-state index contributed by atoms with van der Waals surface area (Å²) in [6, 6.07) is 5.85. The molecule has 0 aromatic heterocycles. The van der Waals surface area contributed by atoms with Crippen molar-refractivity contribution >= 4 is 0 Å². The van der Waals surface area contributed by atoms with Gasteiger partial charge in [-0.3, -0.25) is 0 Å². The van der Waals surface area contributed by atoms with Gasteiger partial charge in [0.25, 0.3) is 0 Å². The maximum absolute atomic E-state index is 8.64. The summed E-state index contributed by atoms with van der Waals surface area (Å²) in [5.41, 5.74) is 2.02. The smallest absolute Gasteiger partial charge is 0.119 e. The minimum Gasteiger partial charge on any atom is -0.494 e. The third-order valence-electron chi connectivity index (χ3n) is 2.46. The Morgan fingerprint density at radius 3 is 2.71 bits per heavy atom. The Kier molecular flexibility index (Phi) is 5.59. The molecule has 1 aromatic rings. The second-order valence-electron chi connectivity index (χ2n) is 4.47. The fraction of sp³-hybridized carbons (Fsp3) is 0.467. The second-order valence-corrected chi connectivity index (χ2v) is 4.47. The zero-order chi connectivity index (χ0) is 12.7. The molecular weight excluding hydrogens is 212 g/mol. The lowest BCUT2D eigenvalue weighted by molar-refractivity contribution is 0.289. The first kappa shape index (κ1) is 13.6. The van der Waals surface area contributed by atoms with Crippen molar-refractivity contribution in [3.05, 3.63) is 29.3 Å². The van der Waals surface area contributed by atoms with E-state index in [-0.39, 0.29) is 6.61 Å². The van der Waals surface area contributed by atoms with Crippen LogP contribution in [0.5, 0.6) is 5.75 Å². The number of hydrogen-bond acceptors (Lipinski definition) is 2. The summed E-state index contributed by atoms with van der Waals surface area (Å²) in [7, 11) is 0. The maximum atomic E-state index is 8.64. The number of aliphatic hydroxyl groups excluding tert-OH is 1. The number of benzene rings is 1. The van der Waals surface area contributed by atoms with Gasteiger partial charge in [-0.2, -0.15) is 0 Å². The van der Waals surface area contributed by atoms with Crippen LogP contribution >= 0.6 is 0 Å². The molecule has 0 bridgehead atoms. The summed E-state index contributed by atoms with van der Waals surface area (Å²) in [5, 5.41) is 8.64. The molecule has 0 aliphatic rings. The van der Waals surface area contributed by atoms with E-state index < -0.39 is 0 Å². The highest BCUT2D eigenvalue weighted by atomic mass is 16.5. The van der Waals surface area contributed by atoms with Gasteiger partial charge in [-0.15, -0.1) is 0 Å². The molecule has 0 fully saturated rings. The molecule has 0 unspecified atom stereocenters. The van der Waals surface area contributed by atoms with Crippen molar-refractivity contribution in [3.63, 3.8) is 0 Å². The van der Waals surface area contributed by atoms with Crippen LogP contribution < -0.4 is 4.74 Å². The fourth-order valence-corrected chi connectivity index (χ4v) is 1.41. The van der Waals surface area contributed by atoms with Crippen LogP contribution in [0, 0.1) is 24.7 Å². The van der Waals surface area contributed by atoms with E-state index >= 15 is 0 Å². The SMILES string of the molecule is Cc1cc(OCCC(C)C)ccc1C#CCO. The lowest BCUT2D eigenvalue weighted by Gasteiger charge is -2.09. The Morgan fingerprint density at radius 2 is 2.12 bits per heavy atom. The first-order valence-electron chi connectivity index (χ1n) is 5.96. The zero-order valence-electron chi connectivity index (χ0n) is 10.8. The first-order valence-corrected chi connectivity index (χ1v) is 5.96. The molecule has 0 saturated heterocycles. The number of aryl methyl sites for hydroxylation is 1. The number of rotatable bonds is 4.